The second-order valence-electron chi connectivity index (χ2n) is 5.96. The molecule has 1 aromatic rings. The highest BCUT2D eigenvalue weighted by atomic mass is 16.7. The lowest BCUT2D eigenvalue weighted by Crippen LogP contribution is -2.26. The number of ether oxygens (including phenoxy) is 2. The highest BCUT2D eigenvalue weighted by molar-refractivity contribution is 5.30. The van der Waals surface area contributed by atoms with Gasteiger partial charge in [-0.25, -0.2) is 0 Å². The van der Waals surface area contributed by atoms with Crippen LogP contribution < -0.4 is 4.74 Å². The van der Waals surface area contributed by atoms with Crippen LogP contribution in [0.5, 0.6) is 5.75 Å². The van der Waals surface area contributed by atoms with E-state index in [4.69, 9.17) is 9.47 Å². The molecule has 0 radical (unpaired) electrons. The van der Waals surface area contributed by atoms with E-state index in [1.807, 2.05) is 13.0 Å². The van der Waals surface area contributed by atoms with Gasteiger partial charge in [-0.2, -0.15) is 0 Å². The Morgan fingerprint density at radius 1 is 1.15 bits per heavy atom. The maximum Gasteiger partial charge on any atom is 0.197 e. The van der Waals surface area contributed by atoms with Crippen LogP contribution in [0.3, 0.4) is 0 Å². The van der Waals surface area contributed by atoms with E-state index in [1.54, 1.807) is 0 Å². The third-order valence-electron chi connectivity index (χ3n) is 4.28. The first-order valence-electron chi connectivity index (χ1n) is 8.11. The minimum Gasteiger partial charge on any atom is -0.465 e. The fourth-order valence-electron chi connectivity index (χ4n) is 2.82. The van der Waals surface area contributed by atoms with Gasteiger partial charge in [0.05, 0.1) is 6.10 Å². The van der Waals surface area contributed by atoms with E-state index in [0.717, 1.165) is 12.2 Å². The van der Waals surface area contributed by atoms with Crippen LogP contribution in [-0.2, 0) is 4.74 Å². The van der Waals surface area contributed by atoms with E-state index in [0.29, 0.717) is 12.0 Å². The first kappa shape index (κ1) is 15.4. The average Bonchev–Trinajstić information content (AvgIpc) is 2.47. The molecule has 0 saturated heterocycles. The van der Waals surface area contributed by atoms with Crippen LogP contribution >= 0.6 is 0 Å². The van der Waals surface area contributed by atoms with Crippen LogP contribution in [0.1, 0.15) is 70.8 Å². The summed E-state index contributed by atoms with van der Waals surface area (Å²) in [5, 5.41) is 0. The molecule has 0 bridgehead atoms. The molecule has 20 heavy (non-hydrogen) atoms. The lowest BCUT2D eigenvalue weighted by atomic mass is 9.98. The number of hydrogen-bond donors (Lipinski definition) is 0. The largest absolute Gasteiger partial charge is 0.465 e. The molecule has 2 nitrogen and oxygen atoms in total. The molecule has 2 unspecified atom stereocenters. The zero-order valence-electron chi connectivity index (χ0n) is 13.1. The third-order valence-corrected chi connectivity index (χ3v) is 4.28. The van der Waals surface area contributed by atoms with Gasteiger partial charge in [-0.05, 0) is 49.8 Å². The molecule has 0 amide bonds. The quantitative estimate of drug-likeness (QED) is 0.659. The SMILES string of the molecule is CCC(C)c1cccc(OC(C)OC2CCCCC2)c1. The van der Waals surface area contributed by atoms with Crippen molar-refractivity contribution in [3.63, 3.8) is 0 Å². The standard InChI is InChI=1S/C18H28O2/c1-4-14(2)16-9-8-12-18(13-16)20-15(3)19-17-10-6-5-7-11-17/h8-9,12-15,17H,4-7,10-11H2,1-3H3. The van der Waals surface area contributed by atoms with Crippen molar-refractivity contribution in [2.45, 2.75) is 77.6 Å². The van der Waals surface area contributed by atoms with Gasteiger partial charge < -0.3 is 9.47 Å². The summed E-state index contributed by atoms with van der Waals surface area (Å²) in [6.07, 6.45) is 7.67. The topological polar surface area (TPSA) is 18.5 Å². The summed E-state index contributed by atoms with van der Waals surface area (Å²) < 4.78 is 11.9. The van der Waals surface area contributed by atoms with Crippen molar-refractivity contribution in [3.05, 3.63) is 29.8 Å². The molecule has 2 atom stereocenters. The van der Waals surface area contributed by atoms with Crippen molar-refractivity contribution in [3.8, 4) is 5.75 Å². The van der Waals surface area contributed by atoms with E-state index in [-0.39, 0.29) is 6.29 Å². The summed E-state index contributed by atoms with van der Waals surface area (Å²) in [4.78, 5) is 0. The predicted octanol–water partition coefficient (Wildman–Crippen LogP) is 5.27. The summed E-state index contributed by atoms with van der Waals surface area (Å²) in [6.45, 7) is 6.47. The summed E-state index contributed by atoms with van der Waals surface area (Å²) >= 11 is 0. The number of benzene rings is 1. The minimum atomic E-state index is -0.162. The van der Waals surface area contributed by atoms with Crippen LogP contribution in [0.4, 0.5) is 0 Å². The Hall–Kier alpha value is -1.02. The van der Waals surface area contributed by atoms with Crippen LogP contribution in [0, 0.1) is 0 Å². The van der Waals surface area contributed by atoms with Gasteiger partial charge in [0.2, 0.25) is 0 Å². The fourth-order valence-corrected chi connectivity index (χ4v) is 2.82. The lowest BCUT2D eigenvalue weighted by molar-refractivity contribution is -0.116. The van der Waals surface area contributed by atoms with Gasteiger partial charge in [-0.15, -0.1) is 0 Å². The summed E-state index contributed by atoms with van der Waals surface area (Å²) in [5.74, 6) is 1.50. The molecule has 0 aliphatic heterocycles. The molecule has 0 aromatic heterocycles. The first-order valence-corrected chi connectivity index (χ1v) is 8.11. The molecule has 1 aromatic carbocycles. The Kier molecular flexibility index (Phi) is 5.90. The second kappa shape index (κ2) is 7.68. The van der Waals surface area contributed by atoms with Crippen LogP contribution in [0.15, 0.2) is 24.3 Å². The molecule has 1 saturated carbocycles. The summed E-state index contributed by atoms with van der Waals surface area (Å²) in [5.41, 5.74) is 1.34. The van der Waals surface area contributed by atoms with Gasteiger partial charge in [0.1, 0.15) is 5.75 Å². The van der Waals surface area contributed by atoms with Gasteiger partial charge in [0.25, 0.3) is 0 Å². The molecule has 2 rings (SSSR count). The van der Waals surface area contributed by atoms with Crippen molar-refractivity contribution in [1.29, 1.82) is 0 Å². The maximum atomic E-state index is 6.00. The molecule has 1 aliphatic carbocycles. The van der Waals surface area contributed by atoms with Crippen molar-refractivity contribution in [2.75, 3.05) is 0 Å². The van der Waals surface area contributed by atoms with Crippen molar-refractivity contribution in [2.24, 2.45) is 0 Å². The predicted molar refractivity (Wildman–Crippen MR) is 83.2 cm³/mol. The Balaban J connectivity index is 1.88. The Labute approximate surface area is 123 Å². The van der Waals surface area contributed by atoms with Crippen LogP contribution in [0.2, 0.25) is 0 Å². The molecular weight excluding hydrogens is 248 g/mol. The molecule has 2 heteroatoms. The molecule has 0 N–H and O–H groups in total. The Bertz CT molecular complexity index is 396. The lowest BCUT2D eigenvalue weighted by Gasteiger charge is -2.26. The average molecular weight is 276 g/mol. The van der Waals surface area contributed by atoms with E-state index in [2.05, 4.69) is 32.0 Å². The minimum absolute atomic E-state index is 0.162. The number of hydrogen-bond acceptors (Lipinski definition) is 2. The van der Waals surface area contributed by atoms with Gasteiger partial charge in [-0.1, -0.05) is 45.2 Å². The highest BCUT2D eigenvalue weighted by Crippen LogP contribution is 2.25. The normalized spacial score (nSPS) is 19.6. The van der Waals surface area contributed by atoms with Crippen molar-refractivity contribution in [1.82, 2.24) is 0 Å². The van der Waals surface area contributed by atoms with Gasteiger partial charge in [-0.3, -0.25) is 0 Å². The van der Waals surface area contributed by atoms with E-state index < -0.39 is 0 Å². The Morgan fingerprint density at radius 2 is 1.90 bits per heavy atom. The monoisotopic (exact) mass is 276 g/mol. The van der Waals surface area contributed by atoms with E-state index >= 15 is 0 Å². The highest BCUT2D eigenvalue weighted by Gasteiger charge is 2.17. The molecule has 0 spiro atoms. The third kappa shape index (κ3) is 4.52. The van der Waals surface area contributed by atoms with Gasteiger partial charge >= 0.3 is 0 Å². The molecule has 1 fully saturated rings. The van der Waals surface area contributed by atoms with E-state index in [9.17, 15) is 0 Å². The molecule has 0 heterocycles. The van der Waals surface area contributed by atoms with Crippen molar-refractivity contribution < 1.29 is 9.47 Å². The summed E-state index contributed by atoms with van der Waals surface area (Å²) in [7, 11) is 0. The molecule has 1 aliphatic rings. The maximum absolute atomic E-state index is 6.00. The van der Waals surface area contributed by atoms with Crippen molar-refractivity contribution >= 4 is 0 Å². The zero-order valence-corrected chi connectivity index (χ0v) is 13.1. The smallest absolute Gasteiger partial charge is 0.197 e. The first-order chi connectivity index (χ1) is 9.69. The zero-order chi connectivity index (χ0) is 14.4. The van der Waals surface area contributed by atoms with Crippen LogP contribution in [0.25, 0.3) is 0 Å². The van der Waals surface area contributed by atoms with Crippen LogP contribution in [-0.4, -0.2) is 12.4 Å². The Morgan fingerprint density at radius 3 is 2.60 bits per heavy atom. The summed E-state index contributed by atoms with van der Waals surface area (Å²) in [6, 6.07) is 8.42. The molecule has 112 valence electrons. The number of rotatable bonds is 6. The van der Waals surface area contributed by atoms with Gasteiger partial charge in [0, 0.05) is 0 Å². The second-order valence-corrected chi connectivity index (χ2v) is 5.96. The van der Waals surface area contributed by atoms with E-state index in [1.165, 1.54) is 37.7 Å². The van der Waals surface area contributed by atoms with Gasteiger partial charge in [0.15, 0.2) is 6.29 Å². The fraction of sp³-hybridized carbons (Fsp3) is 0.667. The molecular formula is C18H28O2.